The number of pyridine rings is 1. The average molecular weight is 326 g/mol. The first-order valence-electron chi connectivity index (χ1n) is 6.85. The molecule has 0 saturated carbocycles. The normalized spacial score (nSPS) is 18.3. The van der Waals surface area contributed by atoms with Crippen LogP contribution in [0, 0.1) is 0 Å². The molecule has 2 heterocycles. The van der Waals surface area contributed by atoms with Crippen molar-refractivity contribution in [2.45, 2.75) is 13.0 Å². The highest BCUT2D eigenvalue weighted by Crippen LogP contribution is 2.06. The van der Waals surface area contributed by atoms with Gasteiger partial charge < -0.3 is 10.2 Å². The van der Waals surface area contributed by atoms with Crippen LogP contribution in [0.1, 0.15) is 6.92 Å². The largest absolute Gasteiger partial charge is 0.339 e. The molecular weight excluding hydrogens is 308 g/mol. The zero-order valence-corrected chi connectivity index (χ0v) is 13.0. The Morgan fingerprint density at radius 2 is 1.95 bits per heavy atom. The van der Waals surface area contributed by atoms with E-state index in [1.54, 1.807) is 31.3 Å². The lowest BCUT2D eigenvalue weighted by Gasteiger charge is -2.29. The van der Waals surface area contributed by atoms with Crippen LogP contribution in [0.5, 0.6) is 0 Å². The van der Waals surface area contributed by atoms with Crippen LogP contribution in [0.2, 0.25) is 0 Å². The molecule has 0 aliphatic carbocycles. The van der Waals surface area contributed by atoms with Crippen LogP contribution >= 0.6 is 0 Å². The zero-order valence-electron chi connectivity index (χ0n) is 12.2. The van der Waals surface area contributed by atoms with E-state index in [0.29, 0.717) is 5.82 Å². The number of sulfone groups is 1. The monoisotopic (exact) mass is 326 g/mol. The highest BCUT2D eigenvalue weighted by atomic mass is 32.2. The average Bonchev–Trinajstić information content (AvgIpc) is 2.47. The number of rotatable bonds is 3. The van der Waals surface area contributed by atoms with Crippen molar-refractivity contribution < 1.29 is 18.0 Å². The summed E-state index contributed by atoms with van der Waals surface area (Å²) in [6.07, 6.45) is 1.54. The second kappa shape index (κ2) is 6.73. The molecule has 1 aliphatic heterocycles. The van der Waals surface area contributed by atoms with Gasteiger partial charge in [-0.05, 0) is 19.1 Å². The van der Waals surface area contributed by atoms with Gasteiger partial charge in [0, 0.05) is 19.3 Å². The van der Waals surface area contributed by atoms with Crippen molar-refractivity contribution in [3.05, 3.63) is 24.4 Å². The van der Waals surface area contributed by atoms with Crippen LogP contribution in [0.15, 0.2) is 24.4 Å². The molecule has 1 aromatic heterocycles. The Kier molecular flexibility index (Phi) is 4.96. The molecule has 0 aromatic carbocycles. The smallest absolute Gasteiger partial charge is 0.321 e. The van der Waals surface area contributed by atoms with Gasteiger partial charge in [-0.1, -0.05) is 6.07 Å². The predicted octanol–water partition coefficient (Wildman–Crippen LogP) is -0.151. The first-order chi connectivity index (χ1) is 10.4. The van der Waals surface area contributed by atoms with Crippen molar-refractivity contribution in [3.8, 4) is 0 Å². The Hall–Kier alpha value is -2.16. The molecule has 1 atom stereocenters. The molecular formula is C13H18N4O4S. The zero-order chi connectivity index (χ0) is 16.2. The third kappa shape index (κ3) is 4.42. The quantitative estimate of drug-likeness (QED) is 0.803. The Balaban J connectivity index is 1.85. The summed E-state index contributed by atoms with van der Waals surface area (Å²) in [4.78, 5) is 29.3. The summed E-state index contributed by atoms with van der Waals surface area (Å²) in [5.74, 6) is 0.00627. The Morgan fingerprint density at radius 3 is 2.55 bits per heavy atom. The minimum Gasteiger partial charge on any atom is -0.339 e. The van der Waals surface area contributed by atoms with Crippen molar-refractivity contribution >= 4 is 27.6 Å². The van der Waals surface area contributed by atoms with Crippen molar-refractivity contribution in [3.63, 3.8) is 0 Å². The molecule has 22 heavy (non-hydrogen) atoms. The molecule has 0 bridgehead atoms. The summed E-state index contributed by atoms with van der Waals surface area (Å²) < 4.78 is 22.7. The number of amides is 3. The van der Waals surface area contributed by atoms with Crippen LogP contribution in [-0.4, -0.2) is 60.9 Å². The Bertz CT molecular complexity index is 633. The molecule has 1 saturated heterocycles. The molecule has 0 spiro atoms. The van der Waals surface area contributed by atoms with Crippen LogP contribution < -0.4 is 10.6 Å². The van der Waals surface area contributed by atoms with Gasteiger partial charge in [-0.15, -0.1) is 0 Å². The van der Waals surface area contributed by atoms with Gasteiger partial charge in [0.05, 0.1) is 11.5 Å². The number of nitrogens with one attached hydrogen (secondary N) is 2. The SMILES string of the molecule is C[C@@H](NC(=O)Nc1ccccn1)C(=O)N1CCS(=O)(=O)CC1. The maximum atomic E-state index is 12.2. The fraction of sp³-hybridized carbons (Fsp3) is 0.462. The lowest BCUT2D eigenvalue weighted by Crippen LogP contribution is -2.52. The number of aromatic nitrogens is 1. The van der Waals surface area contributed by atoms with Crippen LogP contribution in [-0.2, 0) is 14.6 Å². The second-order valence-corrected chi connectivity index (χ2v) is 7.32. The molecule has 120 valence electrons. The minimum atomic E-state index is -3.04. The van der Waals surface area contributed by atoms with Crippen LogP contribution in [0.25, 0.3) is 0 Å². The molecule has 2 rings (SSSR count). The summed E-state index contributed by atoms with van der Waals surface area (Å²) >= 11 is 0. The number of nitrogens with zero attached hydrogens (tertiary/aromatic N) is 2. The highest BCUT2D eigenvalue weighted by molar-refractivity contribution is 7.91. The molecule has 8 nitrogen and oxygen atoms in total. The van der Waals surface area contributed by atoms with E-state index in [1.165, 1.54) is 4.90 Å². The summed E-state index contributed by atoms with van der Waals surface area (Å²) in [5, 5.41) is 5.03. The summed E-state index contributed by atoms with van der Waals surface area (Å²) in [6.45, 7) is 1.88. The van der Waals surface area contributed by atoms with E-state index in [2.05, 4.69) is 15.6 Å². The van der Waals surface area contributed by atoms with Gasteiger partial charge in [-0.2, -0.15) is 0 Å². The van der Waals surface area contributed by atoms with E-state index < -0.39 is 21.9 Å². The lowest BCUT2D eigenvalue weighted by atomic mass is 10.3. The topological polar surface area (TPSA) is 108 Å². The molecule has 1 fully saturated rings. The van der Waals surface area contributed by atoms with E-state index in [9.17, 15) is 18.0 Å². The number of anilines is 1. The maximum absolute atomic E-state index is 12.2. The van der Waals surface area contributed by atoms with Gasteiger partial charge in [0.1, 0.15) is 11.9 Å². The number of carbonyl (C=O) groups is 2. The molecule has 2 N–H and O–H groups in total. The molecule has 1 aromatic rings. The van der Waals surface area contributed by atoms with Gasteiger partial charge in [-0.3, -0.25) is 10.1 Å². The van der Waals surface area contributed by atoms with Crippen molar-refractivity contribution in [2.75, 3.05) is 29.9 Å². The lowest BCUT2D eigenvalue weighted by molar-refractivity contribution is -0.132. The number of urea groups is 1. The van der Waals surface area contributed by atoms with E-state index in [-0.39, 0.29) is 30.5 Å². The highest BCUT2D eigenvalue weighted by Gasteiger charge is 2.28. The van der Waals surface area contributed by atoms with Crippen LogP contribution in [0.3, 0.4) is 0 Å². The molecule has 3 amide bonds. The minimum absolute atomic E-state index is 0.0361. The second-order valence-electron chi connectivity index (χ2n) is 5.01. The molecule has 1 aliphatic rings. The number of carbonyl (C=O) groups excluding carboxylic acids is 2. The first-order valence-corrected chi connectivity index (χ1v) is 8.67. The fourth-order valence-corrected chi connectivity index (χ4v) is 3.26. The van der Waals surface area contributed by atoms with Crippen molar-refractivity contribution in [2.24, 2.45) is 0 Å². The predicted molar refractivity (Wildman–Crippen MR) is 81.1 cm³/mol. The molecule has 0 unspecified atom stereocenters. The molecule has 9 heteroatoms. The van der Waals surface area contributed by atoms with E-state index >= 15 is 0 Å². The number of hydrogen-bond donors (Lipinski definition) is 2. The third-order valence-electron chi connectivity index (χ3n) is 3.28. The summed E-state index contributed by atoms with van der Waals surface area (Å²) in [7, 11) is -3.04. The fourth-order valence-electron chi connectivity index (χ4n) is 2.05. The summed E-state index contributed by atoms with van der Waals surface area (Å²) in [5.41, 5.74) is 0. The number of hydrogen-bond acceptors (Lipinski definition) is 5. The molecule has 0 radical (unpaired) electrons. The Labute approximate surface area is 128 Å². The van der Waals surface area contributed by atoms with E-state index in [0.717, 1.165) is 0 Å². The first kappa shape index (κ1) is 16.2. The van der Waals surface area contributed by atoms with Gasteiger partial charge in [0.25, 0.3) is 0 Å². The van der Waals surface area contributed by atoms with Gasteiger partial charge in [0.15, 0.2) is 9.84 Å². The standard InChI is InChI=1S/C13H18N4O4S/c1-10(12(18)17-6-8-22(20,21)9-7-17)15-13(19)16-11-4-2-3-5-14-11/h2-5,10H,6-9H2,1H3,(H2,14,15,16,19)/t10-/m1/s1. The third-order valence-corrected chi connectivity index (χ3v) is 4.89. The Morgan fingerprint density at radius 1 is 1.27 bits per heavy atom. The van der Waals surface area contributed by atoms with E-state index in [1.807, 2.05) is 0 Å². The maximum Gasteiger partial charge on any atom is 0.321 e. The van der Waals surface area contributed by atoms with Gasteiger partial charge in [-0.25, -0.2) is 18.2 Å². The van der Waals surface area contributed by atoms with Gasteiger partial charge >= 0.3 is 6.03 Å². The van der Waals surface area contributed by atoms with E-state index in [4.69, 9.17) is 0 Å². The summed E-state index contributed by atoms with van der Waals surface area (Å²) in [6, 6.07) is 3.79. The van der Waals surface area contributed by atoms with Crippen molar-refractivity contribution in [1.29, 1.82) is 0 Å². The van der Waals surface area contributed by atoms with Crippen molar-refractivity contribution in [1.82, 2.24) is 15.2 Å². The van der Waals surface area contributed by atoms with Gasteiger partial charge in [0.2, 0.25) is 5.91 Å². The van der Waals surface area contributed by atoms with Crippen LogP contribution in [0.4, 0.5) is 10.6 Å².